The van der Waals surface area contributed by atoms with Crippen LogP contribution in [0.15, 0.2) is 18.2 Å². The number of benzene rings is 1. The Morgan fingerprint density at radius 3 is 2.35 bits per heavy atom. The number of amides is 1. The first-order valence-electron chi connectivity index (χ1n) is 5.48. The van der Waals surface area contributed by atoms with Gasteiger partial charge in [0.2, 0.25) is 0 Å². The van der Waals surface area contributed by atoms with Crippen LogP contribution in [0.3, 0.4) is 0 Å². The van der Waals surface area contributed by atoms with Crippen molar-refractivity contribution in [2.75, 3.05) is 14.2 Å². The third-order valence-corrected chi connectivity index (χ3v) is 2.57. The smallest absolute Gasteiger partial charge is 0.267 e. The van der Waals surface area contributed by atoms with Crippen LogP contribution in [-0.4, -0.2) is 25.1 Å². The van der Waals surface area contributed by atoms with E-state index in [1.807, 2.05) is 6.07 Å². The summed E-state index contributed by atoms with van der Waals surface area (Å²) in [4.78, 5) is 11.8. The van der Waals surface area contributed by atoms with E-state index in [2.05, 4.69) is 20.8 Å². The quantitative estimate of drug-likeness (QED) is 0.485. The van der Waals surface area contributed by atoms with E-state index in [1.165, 1.54) is 7.05 Å². The maximum atomic E-state index is 11.8. The highest BCUT2D eigenvalue weighted by molar-refractivity contribution is 5.94. The lowest BCUT2D eigenvalue weighted by Crippen LogP contribution is -2.33. The highest BCUT2D eigenvalue weighted by Gasteiger charge is 2.21. The lowest BCUT2D eigenvalue weighted by Gasteiger charge is -2.23. The average molecular weight is 236 g/mol. The summed E-state index contributed by atoms with van der Waals surface area (Å²) in [5.74, 6) is 6.03. The number of hydrogen-bond donors (Lipinski definition) is 1. The second-order valence-electron chi connectivity index (χ2n) is 5.08. The van der Waals surface area contributed by atoms with Gasteiger partial charge in [-0.25, -0.2) is 5.84 Å². The van der Waals surface area contributed by atoms with E-state index < -0.39 is 0 Å². The van der Waals surface area contributed by atoms with Gasteiger partial charge in [0, 0.05) is 18.2 Å². The van der Waals surface area contributed by atoms with Crippen LogP contribution in [-0.2, 0) is 5.41 Å². The number of hydrogen-bond acceptors (Lipinski definition) is 3. The first kappa shape index (κ1) is 13.5. The maximum Gasteiger partial charge on any atom is 0.267 e. The van der Waals surface area contributed by atoms with Crippen molar-refractivity contribution in [2.24, 2.45) is 5.84 Å². The summed E-state index contributed by atoms with van der Waals surface area (Å²) in [6, 6.07) is 5.36. The van der Waals surface area contributed by atoms with Crippen molar-refractivity contribution >= 4 is 5.91 Å². The predicted octanol–water partition coefficient (Wildman–Crippen LogP) is 1.94. The van der Waals surface area contributed by atoms with E-state index in [1.54, 1.807) is 19.2 Å². The van der Waals surface area contributed by atoms with Crippen LogP contribution in [0.4, 0.5) is 0 Å². The zero-order chi connectivity index (χ0) is 13.2. The van der Waals surface area contributed by atoms with Crippen LogP contribution in [0, 0.1) is 0 Å². The van der Waals surface area contributed by atoms with Gasteiger partial charge < -0.3 is 4.74 Å². The van der Waals surface area contributed by atoms with Crippen molar-refractivity contribution in [3.8, 4) is 5.75 Å². The Hall–Kier alpha value is -1.55. The minimum atomic E-state index is -0.210. The molecule has 1 aromatic rings. The molecule has 1 amide bonds. The molecule has 0 aliphatic rings. The number of nitrogens with zero attached hydrogens (tertiary/aromatic N) is 1. The monoisotopic (exact) mass is 236 g/mol. The fourth-order valence-corrected chi connectivity index (χ4v) is 1.63. The molecule has 0 fully saturated rings. The lowest BCUT2D eigenvalue weighted by molar-refractivity contribution is 0.0795. The molecule has 0 heterocycles. The van der Waals surface area contributed by atoms with Gasteiger partial charge in [0.05, 0.1) is 7.11 Å². The Kier molecular flexibility index (Phi) is 3.78. The fraction of sp³-hybridized carbons (Fsp3) is 0.462. The molecule has 0 saturated carbocycles. The van der Waals surface area contributed by atoms with Gasteiger partial charge in [-0.15, -0.1) is 0 Å². The van der Waals surface area contributed by atoms with Gasteiger partial charge in [-0.3, -0.25) is 9.80 Å². The molecule has 0 aliphatic carbocycles. The Morgan fingerprint density at radius 2 is 1.94 bits per heavy atom. The van der Waals surface area contributed by atoms with E-state index in [0.717, 1.165) is 16.3 Å². The summed E-state index contributed by atoms with van der Waals surface area (Å²) in [5.41, 5.74) is 1.47. The SMILES string of the molecule is COc1ccc(C(=O)N(C)N)cc1C(C)(C)C. The van der Waals surface area contributed by atoms with E-state index >= 15 is 0 Å². The molecule has 0 unspecified atom stereocenters. The van der Waals surface area contributed by atoms with Crippen molar-refractivity contribution in [1.82, 2.24) is 5.01 Å². The second-order valence-corrected chi connectivity index (χ2v) is 5.08. The summed E-state index contributed by atoms with van der Waals surface area (Å²) in [6.45, 7) is 6.22. The molecule has 94 valence electrons. The Labute approximate surface area is 102 Å². The molecule has 0 saturated heterocycles. The normalized spacial score (nSPS) is 11.2. The van der Waals surface area contributed by atoms with Gasteiger partial charge >= 0.3 is 0 Å². The molecule has 0 aliphatic heterocycles. The summed E-state index contributed by atoms with van der Waals surface area (Å²) in [5, 5.41) is 1.08. The predicted molar refractivity (Wildman–Crippen MR) is 68.0 cm³/mol. The van der Waals surface area contributed by atoms with E-state index in [-0.39, 0.29) is 11.3 Å². The van der Waals surface area contributed by atoms with Gasteiger partial charge in [0.1, 0.15) is 5.75 Å². The van der Waals surface area contributed by atoms with Crippen molar-refractivity contribution < 1.29 is 9.53 Å². The average Bonchev–Trinajstić information content (AvgIpc) is 2.25. The van der Waals surface area contributed by atoms with Crippen LogP contribution >= 0.6 is 0 Å². The summed E-state index contributed by atoms with van der Waals surface area (Å²) < 4.78 is 5.31. The molecule has 0 radical (unpaired) electrons. The highest BCUT2D eigenvalue weighted by Crippen LogP contribution is 2.32. The zero-order valence-corrected chi connectivity index (χ0v) is 11.1. The van der Waals surface area contributed by atoms with Gasteiger partial charge in [-0.05, 0) is 23.6 Å². The number of ether oxygens (including phenoxy) is 1. The fourth-order valence-electron chi connectivity index (χ4n) is 1.63. The maximum absolute atomic E-state index is 11.8. The largest absolute Gasteiger partial charge is 0.496 e. The van der Waals surface area contributed by atoms with Gasteiger partial charge in [-0.2, -0.15) is 0 Å². The standard InChI is InChI=1S/C13H20N2O2/c1-13(2,3)10-8-9(12(16)15(4)14)6-7-11(10)17-5/h6-8H,14H2,1-5H3. The van der Waals surface area contributed by atoms with Crippen LogP contribution < -0.4 is 10.6 Å². The number of carbonyl (C=O) groups excluding carboxylic acids is 1. The van der Waals surface area contributed by atoms with Crippen molar-refractivity contribution in [2.45, 2.75) is 26.2 Å². The van der Waals surface area contributed by atoms with Crippen molar-refractivity contribution in [3.63, 3.8) is 0 Å². The molecule has 0 bridgehead atoms. The van der Waals surface area contributed by atoms with Gasteiger partial charge in [0.15, 0.2) is 0 Å². The topological polar surface area (TPSA) is 55.6 Å². The molecule has 1 rings (SSSR count). The first-order valence-corrected chi connectivity index (χ1v) is 5.48. The van der Waals surface area contributed by atoms with Crippen molar-refractivity contribution in [1.29, 1.82) is 0 Å². The molecular formula is C13H20N2O2. The molecule has 0 atom stereocenters. The van der Waals surface area contributed by atoms with Gasteiger partial charge in [0.25, 0.3) is 5.91 Å². The number of rotatable bonds is 2. The minimum absolute atomic E-state index is 0.0885. The molecular weight excluding hydrogens is 216 g/mol. The second kappa shape index (κ2) is 4.75. The summed E-state index contributed by atoms with van der Waals surface area (Å²) in [7, 11) is 3.16. The van der Waals surface area contributed by atoms with Crippen LogP contribution in [0.2, 0.25) is 0 Å². The Bertz CT molecular complexity index is 420. The highest BCUT2D eigenvalue weighted by atomic mass is 16.5. The number of nitrogens with two attached hydrogens (primary N) is 1. The molecule has 4 nitrogen and oxygen atoms in total. The third-order valence-electron chi connectivity index (χ3n) is 2.57. The third kappa shape index (κ3) is 2.97. The molecule has 17 heavy (non-hydrogen) atoms. The minimum Gasteiger partial charge on any atom is -0.496 e. The zero-order valence-electron chi connectivity index (χ0n) is 11.1. The molecule has 0 aromatic heterocycles. The van der Waals surface area contributed by atoms with Crippen LogP contribution in [0.1, 0.15) is 36.7 Å². The van der Waals surface area contributed by atoms with Gasteiger partial charge in [-0.1, -0.05) is 20.8 Å². The molecule has 4 heteroatoms. The number of methoxy groups -OCH3 is 1. The van der Waals surface area contributed by atoms with Crippen LogP contribution in [0.25, 0.3) is 0 Å². The lowest BCUT2D eigenvalue weighted by atomic mass is 9.85. The molecule has 1 aromatic carbocycles. The number of hydrazine groups is 1. The molecule has 2 N–H and O–H groups in total. The summed E-state index contributed by atoms with van der Waals surface area (Å²) >= 11 is 0. The Morgan fingerprint density at radius 1 is 1.35 bits per heavy atom. The Balaban J connectivity index is 3.28. The first-order chi connectivity index (χ1) is 7.77. The van der Waals surface area contributed by atoms with E-state index in [0.29, 0.717) is 5.56 Å². The summed E-state index contributed by atoms with van der Waals surface area (Å²) in [6.07, 6.45) is 0. The van der Waals surface area contributed by atoms with Crippen molar-refractivity contribution in [3.05, 3.63) is 29.3 Å². The van der Waals surface area contributed by atoms with E-state index in [4.69, 9.17) is 10.6 Å². The number of carbonyl (C=O) groups is 1. The van der Waals surface area contributed by atoms with Crippen LogP contribution in [0.5, 0.6) is 5.75 Å². The molecule has 0 spiro atoms. The van der Waals surface area contributed by atoms with E-state index in [9.17, 15) is 4.79 Å².